The van der Waals surface area contributed by atoms with Crippen LogP contribution in [0.3, 0.4) is 0 Å². The van der Waals surface area contributed by atoms with Crippen LogP contribution < -0.4 is 5.32 Å². The van der Waals surface area contributed by atoms with Gasteiger partial charge in [-0.3, -0.25) is 4.79 Å². The fourth-order valence-corrected chi connectivity index (χ4v) is 2.01. The van der Waals surface area contributed by atoms with Crippen LogP contribution in [-0.4, -0.2) is 28.2 Å². The Bertz CT molecular complexity index is 620. The molecule has 0 unspecified atom stereocenters. The first-order chi connectivity index (χ1) is 9.61. The van der Waals surface area contributed by atoms with E-state index in [4.69, 9.17) is 9.63 Å². The zero-order chi connectivity index (χ0) is 14.5. The van der Waals surface area contributed by atoms with E-state index in [0.717, 1.165) is 5.39 Å². The molecule has 2 rings (SSSR count). The van der Waals surface area contributed by atoms with Gasteiger partial charge in [0.15, 0.2) is 5.58 Å². The molecule has 20 heavy (non-hydrogen) atoms. The molecule has 6 nitrogen and oxygen atoms in total. The Morgan fingerprint density at radius 1 is 1.40 bits per heavy atom. The van der Waals surface area contributed by atoms with E-state index in [1.165, 1.54) is 0 Å². The third-order valence-electron chi connectivity index (χ3n) is 2.99. The van der Waals surface area contributed by atoms with Gasteiger partial charge in [0.25, 0.3) is 0 Å². The smallest absolute Gasteiger partial charge is 0.326 e. The molecule has 0 aliphatic carbocycles. The average molecular weight is 276 g/mol. The summed E-state index contributed by atoms with van der Waals surface area (Å²) in [7, 11) is 0. The summed E-state index contributed by atoms with van der Waals surface area (Å²) >= 11 is 0. The Labute approximate surface area is 115 Å². The molecule has 2 aromatic rings. The summed E-state index contributed by atoms with van der Waals surface area (Å²) < 4.78 is 5.10. The van der Waals surface area contributed by atoms with E-state index >= 15 is 0 Å². The van der Waals surface area contributed by atoms with Crippen molar-refractivity contribution in [2.45, 2.75) is 32.2 Å². The fraction of sp³-hybridized carbons (Fsp3) is 0.357. The number of amides is 1. The number of para-hydroxylation sites is 1. The molecule has 106 valence electrons. The van der Waals surface area contributed by atoms with Crippen LogP contribution in [0.5, 0.6) is 0 Å². The summed E-state index contributed by atoms with van der Waals surface area (Å²) in [6.07, 6.45) is 1.09. The maximum Gasteiger partial charge on any atom is 0.326 e. The molecule has 6 heteroatoms. The highest BCUT2D eigenvalue weighted by Gasteiger charge is 2.20. The van der Waals surface area contributed by atoms with Gasteiger partial charge in [0.1, 0.15) is 11.7 Å². The van der Waals surface area contributed by atoms with E-state index in [1.54, 1.807) is 6.07 Å². The molecule has 1 amide bonds. The molecule has 0 saturated carbocycles. The van der Waals surface area contributed by atoms with E-state index < -0.39 is 12.0 Å². The number of carbonyl (C=O) groups is 2. The number of nitrogens with zero attached hydrogens (tertiary/aromatic N) is 1. The molecule has 2 N–H and O–H groups in total. The van der Waals surface area contributed by atoms with Gasteiger partial charge in [0.2, 0.25) is 5.91 Å². The summed E-state index contributed by atoms with van der Waals surface area (Å²) in [5.74, 6) is -1.39. The van der Waals surface area contributed by atoms with Crippen molar-refractivity contribution >= 4 is 22.8 Å². The van der Waals surface area contributed by atoms with Crippen LogP contribution in [0.4, 0.5) is 0 Å². The van der Waals surface area contributed by atoms with Gasteiger partial charge in [0, 0.05) is 5.39 Å². The predicted molar refractivity (Wildman–Crippen MR) is 72.2 cm³/mol. The lowest BCUT2D eigenvalue weighted by Gasteiger charge is -2.12. The second-order valence-corrected chi connectivity index (χ2v) is 4.55. The number of carbonyl (C=O) groups excluding carboxylic acids is 1. The van der Waals surface area contributed by atoms with Crippen LogP contribution in [0, 0.1) is 0 Å². The number of hydrogen-bond donors (Lipinski definition) is 2. The SMILES string of the molecule is CCC[C@H](NC(=O)Cc1noc2ccccc12)C(=O)O. The van der Waals surface area contributed by atoms with Gasteiger partial charge in [-0.05, 0) is 18.6 Å². The van der Waals surface area contributed by atoms with Crippen LogP contribution in [-0.2, 0) is 16.0 Å². The number of aromatic nitrogens is 1. The Kier molecular flexibility index (Phi) is 4.34. The van der Waals surface area contributed by atoms with Gasteiger partial charge in [-0.1, -0.05) is 30.6 Å². The Balaban J connectivity index is 2.06. The number of benzene rings is 1. The fourth-order valence-electron chi connectivity index (χ4n) is 2.01. The van der Waals surface area contributed by atoms with Gasteiger partial charge in [-0.15, -0.1) is 0 Å². The topological polar surface area (TPSA) is 92.4 Å². The molecule has 1 aromatic carbocycles. The Morgan fingerprint density at radius 3 is 2.85 bits per heavy atom. The minimum absolute atomic E-state index is 0.00447. The van der Waals surface area contributed by atoms with Crippen molar-refractivity contribution in [1.29, 1.82) is 0 Å². The highest BCUT2D eigenvalue weighted by atomic mass is 16.5. The molecule has 0 bridgehead atoms. The summed E-state index contributed by atoms with van der Waals surface area (Å²) in [6, 6.07) is 6.37. The van der Waals surface area contributed by atoms with Gasteiger partial charge in [-0.2, -0.15) is 0 Å². The van der Waals surface area contributed by atoms with Crippen LogP contribution >= 0.6 is 0 Å². The molecule has 0 aliphatic rings. The molecular formula is C14H16N2O4. The van der Waals surface area contributed by atoms with Crippen LogP contribution in [0.2, 0.25) is 0 Å². The van der Waals surface area contributed by atoms with E-state index in [-0.39, 0.29) is 12.3 Å². The van der Waals surface area contributed by atoms with Gasteiger partial charge in [-0.25, -0.2) is 4.79 Å². The predicted octanol–water partition coefficient (Wildman–Crippen LogP) is 1.74. The van der Waals surface area contributed by atoms with Crippen molar-refractivity contribution in [3.05, 3.63) is 30.0 Å². The number of hydrogen-bond acceptors (Lipinski definition) is 4. The minimum Gasteiger partial charge on any atom is -0.480 e. The third kappa shape index (κ3) is 3.14. The summed E-state index contributed by atoms with van der Waals surface area (Å²) in [5, 5.41) is 16.1. The molecular weight excluding hydrogens is 260 g/mol. The van der Waals surface area contributed by atoms with Crippen molar-refractivity contribution in [1.82, 2.24) is 10.5 Å². The summed E-state index contributed by atoms with van der Waals surface area (Å²) in [5.41, 5.74) is 1.12. The number of carboxylic acid groups (broad SMARTS) is 1. The largest absolute Gasteiger partial charge is 0.480 e. The first kappa shape index (κ1) is 14.0. The lowest BCUT2D eigenvalue weighted by molar-refractivity contribution is -0.141. The average Bonchev–Trinajstić information content (AvgIpc) is 2.81. The quantitative estimate of drug-likeness (QED) is 0.838. The molecule has 1 aromatic heterocycles. The highest BCUT2D eigenvalue weighted by molar-refractivity contribution is 5.88. The molecule has 0 radical (unpaired) electrons. The first-order valence-corrected chi connectivity index (χ1v) is 6.47. The lowest BCUT2D eigenvalue weighted by Crippen LogP contribution is -2.41. The number of aliphatic carboxylic acids is 1. The van der Waals surface area contributed by atoms with Crippen molar-refractivity contribution in [3.8, 4) is 0 Å². The first-order valence-electron chi connectivity index (χ1n) is 6.47. The molecule has 1 heterocycles. The summed E-state index contributed by atoms with van der Waals surface area (Å²) in [6.45, 7) is 1.87. The highest BCUT2D eigenvalue weighted by Crippen LogP contribution is 2.18. The van der Waals surface area contributed by atoms with Crippen LogP contribution in [0.15, 0.2) is 28.8 Å². The van der Waals surface area contributed by atoms with E-state index in [2.05, 4.69) is 10.5 Å². The van der Waals surface area contributed by atoms with Crippen molar-refractivity contribution in [3.63, 3.8) is 0 Å². The number of fused-ring (bicyclic) bond motifs is 1. The minimum atomic E-state index is -1.02. The molecule has 0 aliphatic heterocycles. The molecule has 0 saturated heterocycles. The van der Waals surface area contributed by atoms with Crippen molar-refractivity contribution < 1.29 is 19.2 Å². The molecule has 0 spiro atoms. The monoisotopic (exact) mass is 276 g/mol. The van der Waals surface area contributed by atoms with Crippen molar-refractivity contribution in [2.75, 3.05) is 0 Å². The summed E-state index contributed by atoms with van der Waals surface area (Å²) in [4.78, 5) is 22.9. The normalized spacial score (nSPS) is 12.2. The van der Waals surface area contributed by atoms with E-state index in [0.29, 0.717) is 24.1 Å². The third-order valence-corrected chi connectivity index (χ3v) is 2.99. The number of nitrogens with one attached hydrogen (secondary N) is 1. The van der Waals surface area contributed by atoms with E-state index in [9.17, 15) is 9.59 Å². The molecule has 0 fully saturated rings. The number of rotatable bonds is 6. The second kappa shape index (κ2) is 6.18. The standard InChI is InChI=1S/C14H16N2O4/c1-2-5-10(14(18)19)15-13(17)8-11-9-6-3-4-7-12(9)20-16-11/h3-4,6-7,10H,2,5,8H2,1H3,(H,15,17)(H,18,19)/t10-/m0/s1. The Morgan fingerprint density at radius 2 is 2.15 bits per heavy atom. The number of carboxylic acids is 1. The Hall–Kier alpha value is -2.37. The van der Waals surface area contributed by atoms with Crippen LogP contribution in [0.1, 0.15) is 25.5 Å². The van der Waals surface area contributed by atoms with Crippen LogP contribution in [0.25, 0.3) is 11.0 Å². The molecule has 1 atom stereocenters. The maximum absolute atomic E-state index is 11.9. The van der Waals surface area contributed by atoms with Gasteiger partial charge >= 0.3 is 5.97 Å². The van der Waals surface area contributed by atoms with Gasteiger partial charge in [0.05, 0.1) is 6.42 Å². The van der Waals surface area contributed by atoms with Gasteiger partial charge < -0.3 is 14.9 Å². The van der Waals surface area contributed by atoms with E-state index in [1.807, 2.05) is 25.1 Å². The lowest BCUT2D eigenvalue weighted by atomic mass is 10.1. The second-order valence-electron chi connectivity index (χ2n) is 4.55. The van der Waals surface area contributed by atoms with Crippen molar-refractivity contribution in [2.24, 2.45) is 0 Å². The maximum atomic E-state index is 11.9. The zero-order valence-corrected chi connectivity index (χ0v) is 11.1. The zero-order valence-electron chi connectivity index (χ0n) is 11.1.